The number of nitrogens with one attached hydrogen (secondary N) is 1. The molecule has 0 saturated carbocycles. The van der Waals surface area contributed by atoms with Gasteiger partial charge in [0.2, 0.25) is 15.9 Å². The quantitative estimate of drug-likeness (QED) is 0.446. The summed E-state index contributed by atoms with van der Waals surface area (Å²) in [5, 5.41) is 2.97. The molecular formula is C28H32F5N3O4S. The molecule has 2 fully saturated rings. The number of rotatable bonds is 7. The number of likely N-dealkylation sites (tertiary alicyclic amines) is 1. The summed E-state index contributed by atoms with van der Waals surface area (Å²) in [6.07, 6.45) is -3.71. The van der Waals surface area contributed by atoms with Gasteiger partial charge in [0.1, 0.15) is 5.75 Å². The molecule has 3 aliphatic heterocycles. The number of carbonyl (C=O) groups is 1. The van der Waals surface area contributed by atoms with Gasteiger partial charge in [-0.1, -0.05) is 18.2 Å². The Bertz CT molecular complexity index is 1380. The zero-order valence-electron chi connectivity index (χ0n) is 22.3. The summed E-state index contributed by atoms with van der Waals surface area (Å²) in [5.74, 6) is -2.37. The first kappa shape index (κ1) is 29.7. The largest absolute Gasteiger partial charge is 0.493 e. The molecule has 7 nitrogen and oxygen atoms in total. The molecule has 2 aromatic carbocycles. The van der Waals surface area contributed by atoms with Crippen LogP contribution in [-0.2, 0) is 27.5 Å². The predicted molar refractivity (Wildman–Crippen MR) is 140 cm³/mol. The molecule has 0 bridgehead atoms. The Morgan fingerprint density at radius 1 is 1.05 bits per heavy atom. The van der Waals surface area contributed by atoms with Gasteiger partial charge >= 0.3 is 6.18 Å². The van der Waals surface area contributed by atoms with E-state index in [0.29, 0.717) is 57.3 Å². The first-order valence-electron chi connectivity index (χ1n) is 13.7. The number of ether oxygens (including phenoxy) is 1. The van der Waals surface area contributed by atoms with E-state index in [1.165, 1.54) is 0 Å². The van der Waals surface area contributed by atoms with Crippen LogP contribution in [0.25, 0.3) is 0 Å². The highest BCUT2D eigenvalue weighted by Crippen LogP contribution is 2.36. The minimum absolute atomic E-state index is 0.119. The van der Waals surface area contributed by atoms with E-state index in [4.69, 9.17) is 4.74 Å². The molecule has 3 heterocycles. The van der Waals surface area contributed by atoms with Gasteiger partial charge in [-0.25, -0.2) is 17.2 Å². The minimum atomic E-state index is -4.68. The monoisotopic (exact) mass is 601 g/mol. The summed E-state index contributed by atoms with van der Waals surface area (Å²) < 4.78 is 99.9. The lowest BCUT2D eigenvalue weighted by Gasteiger charge is -2.32. The summed E-state index contributed by atoms with van der Waals surface area (Å²) in [6.45, 7) is 1.61. The van der Waals surface area contributed by atoms with Crippen molar-refractivity contribution in [3.8, 4) is 5.75 Å². The fourth-order valence-corrected chi connectivity index (χ4v) is 7.48. The molecule has 41 heavy (non-hydrogen) atoms. The Morgan fingerprint density at radius 2 is 1.80 bits per heavy atom. The van der Waals surface area contributed by atoms with Crippen LogP contribution in [0.3, 0.4) is 0 Å². The molecular weight excluding hydrogens is 569 g/mol. The van der Waals surface area contributed by atoms with E-state index in [-0.39, 0.29) is 37.8 Å². The molecule has 2 atom stereocenters. The molecule has 0 aliphatic carbocycles. The van der Waals surface area contributed by atoms with Crippen molar-refractivity contribution in [1.29, 1.82) is 0 Å². The maximum absolute atomic E-state index is 13.5. The number of alkyl halides is 5. The molecule has 1 N–H and O–H groups in total. The highest BCUT2D eigenvalue weighted by Gasteiger charge is 2.39. The van der Waals surface area contributed by atoms with Gasteiger partial charge in [-0.3, -0.25) is 9.69 Å². The molecule has 2 aromatic rings. The summed E-state index contributed by atoms with van der Waals surface area (Å²) in [5.41, 5.74) is 0.645. The van der Waals surface area contributed by atoms with Crippen LogP contribution in [0, 0.1) is 0 Å². The highest BCUT2D eigenvalue weighted by molar-refractivity contribution is 7.89. The first-order valence-corrected chi connectivity index (χ1v) is 15.1. The number of halogens is 5. The SMILES string of the molecule is O=C(CC1CCCN1S(=O)(=O)c1cccc(C(F)(F)F)c1)N[C@H]1CCOc2cc(CN3CCC(F)(F)CC3)ccc21. The maximum atomic E-state index is 13.5. The topological polar surface area (TPSA) is 79.0 Å². The predicted octanol–water partition coefficient (Wildman–Crippen LogP) is 5.12. The zero-order chi connectivity index (χ0) is 29.4. The van der Waals surface area contributed by atoms with Crippen molar-refractivity contribution in [2.45, 2.75) is 74.1 Å². The van der Waals surface area contributed by atoms with Crippen LogP contribution in [0.2, 0.25) is 0 Å². The smallest absolute Gasteiger partial charge is 0.416 e. The van der Waals surface area contributed by atoms with Gasteiger partial charge in [0, 0.05) is 63.5 Å². The maximum Gasteiger partial charge on any atom is 0.416 e. The standard InChI is InChI=1S/C28H32F5N3O4S/c29-27(30)9-12-35(13-10-27)18-19-6-7-23-24(8-14-40-25(23)15-19)34-26(37)17-21-4-2-11-36(21)41(38,39)22-5-1-3-20(16-22)28(31,32)33/h1,3,5-7,15-16,21,24H,2,4,8-14,17-18H2,(H,34,37)/t21?,24-/m0/s1. The number of piperidine rings is 1. The van der Waals surface area contributed by atoms with Gasteiger partial charge in [0.15, 0.2) is 0 Å². The molecule has 224 valence electrons. The fraction of sp³-hybridized carbons (Fsp3) is 0.536. The Hall–Kier alpha value is -2.77. The van der Waals surface area contributed by atoms with E-state index in [1.807, 2.05) is 23.1 Å². The Balaban J connectivity index is 1.22. The van der Waals surface area contributed by atoms with Crippen molar-refractivity contribution in [2.24, 2.45) is 0 Å². The van der Waals surface area contributed by atoms with Gasteiger partial charge in [-0.05, 0) is 42.7 Å². The zero-order valence-corrected chi connectivity index (χ0v) is 23.1. The third-order valence-corrected chi connectivity index (χ3v) is 9.91. The van der Waals surface area contributed by atoms with Crippen LogP contribution in [0.4, 0.5) is 22.0 Å². The molecule has 0 spiro atoms. The molecule has 13 heteroatoms. The molecule has 0 radical (unpaired) electrons. The van der Waals surface area contributed by atoms with Crippen molar-refractivity contribution >= 4 is 15.9 Å². The molecule has 1 amide bonds. The van der Waals surface area contributed by atoms with E-state index < -0.39 is 38.6 Å². The van der Waals surface area contributed by atoms with E-state index >= 15 is 0 Å². The number of hydrogen-bond donors (Lipinski definition) is 1. The van der Waals surface area contributed by atoms with Crippen LogP contribution in [0.1, 0.15) is 61.3 Å². The molecule has 5 rings (SSSR count). The summed E-state index contributed by atoms with van der Waals surface area (Å²) >= 11 is 0. The molecule has 0 aromatic heterocycles. The van der Waals surface area contributed by atoms with E-state index in [1.54, 1.807) is 0 Å². The minimum Gasteiger partial charge on any atom is -0.493 e. The van der Waals surface area contributed by atoms with Gasteiger partial charge in [0.05, 0.1) is 23.1 Å². The normalized spacial score (nSPS) is 23.5. The lowest BCUT2D eigenvalue weighted by atomic mass is 9.97. The van der Waals surface area contributed by atoms with Gasteiger partial charge in [-0.2, -0.15) is 17.5 Å². The third kappa shape index (κ3) is 6.83. The average Bonchev–Trinajstić information content (AvgIpc) is 3.38. The highest BCUT2D eigenvalue weighted by atomic mass is 32.2. The lowest BCUT2D eigenvalue weighted by molar-refractivity contribution is -0.137. The van der Waals surface area contributed by atoms with Crippen molar-refractivity contribution in [1.82, 2.24) is 14.5 Å². The number of amides is 1. The number of carbonyl (C=O) groups excluding carboxylic acids is 1. The third-order valence-electron chi connectivity index (χ3n) is 7.96. The van der Waals surface area contributed by atoms with Crippen molar-refractivity contribution in [3.05, 3.63) is 59.2 Å². The second-order valence-corrected chi connectivity index (χ2v) is 12.8. The van der Waals surface area contributed by atoms with Crippen LogP contribution in [0.5, 0.6) is 5.75 Å². The van der Waals surface area contributed by atoms with Crippen LogP contribution >= 0.6 is 0 Å². The number of sulfonamides is 1. The average molecular weight is 602 g/mol. The number of nitrogens with zero attached hydrogens (tertiary/aromatic N) is 2. The van der Waals surface area contributed by atoms with E-state index in [9.17, 15) is 35.2 Å². The van der Waals surface area contributed by atoms with Crippen molar-refractivity contribution < 1.29 is 39.9 Å². The van der Waals surface area contributed by atoms with Crippen molar-refractivity contribution in [3.63, 3.8) is 0 Å². The second kappa shape index (κ2) is 11.5. The summed E-state index contributed by atoms with van der Waals surface area (Å²) in [7, 11) is -4.23. The summed E-state index contributed by atoms with van der Waals surface area (Å²) in [6, 6.07) is 8.21. The number of benzene rings is 2. The fourth-order valence-electron chi connectivity index (χ4n) is 5.74. The first-order chi connectivity index (χ1) is 19.3. The second-order valence-electron chi connectivity index (χ2n) is 10.9. The Kier molecular flexibility index (Phi) is 8.32. The van der Waals surface area contributed by atoms with Crippen LogP contribution < -0.4 is 10.1 Å². The van der Waals surface area contributed by atoms with Gasteiger partial charge < -0.3 is 10.1 Å². The van der Waals surface area contributed by atoms with Gasteiger partial charge in [0.25, 0.3) is 5.92 Å². The van der Waals surface area contributed by atoms with Crippen LogP contribution in [-0.4, -0.2) is 61.7 Å². The lowest BCUT2D eigenvalue weighted by Crippen LogP contribution is -2.40. The Morgan fingerprint density at radius 3 is 2.54 bits per heavy atom. The van der Waals surface area contributed by atoms with Crippen LogP contribution in [0.15, 0.2) is 47.4 Å². The molecule has 1 unspecified atom stereocenters. The number of hydrogen-bond acceptors (Lipinski definition) is 5. The van der Waals surface area contributed by atoms with Gasteiger partial charge in [-0.15, -0.1) is 0 Å². The Labute approximate surface area is 235 Å². The molecule has 2 saturated heterocycles. The number of fused-ring (bicyclic) bond motifs is 1. The van der Waals surface area contributed by atoms with E-state index in [2.05, 4.69) is 5.32 Å². The summed E-state index contributed by atoms with van der Waals surface area (Å²) in [4.78, 5) is 14.6. The molecule has 3 aliphatic rings. The van der Waals surface area contributed by atoms with E-state index in [0.717, 1.165) is 33.6 Å². The van der Waals surface area contributed by atoms with Crippen molar-refractivity contribution in [2.75, 3.05) is 26.2 Å².